The Bertz CT molecular complexity index is 627. The summed E-state index contributed by atoms with van der Waals surface area (Å²) in [7, 11) is 1.81. The largest absolute Gasteiger partial charge is 0.337 e. The first-order valence-corrected chi connectivity index (χ1v) is 8.62. The van der Waals surface area contributed by atoms with Crippen LogP contribution in [0.1, 0.15) is 35.6 Å². The van der Waals surface area contributed by atoms with E-state index in [0.29, 0.717) is 19.0 Å². The zero-order valence-corrected chi connectivity index (χ0v) is 13.6. The second-order valence-corrected chi connectivity index (χ2v) is 6.53. The van der Waals surface area contributed by atoms with Crippen molar-refractivity contribution in [3.05, 3.63) is 52.0 Å². The topological polar surface area (TPSA) is 45.2 Å². The van der Waals surface area contributed by atoms with Gasteiger partial charge in [0.25, 0.3) is 0 Å². The van der Waals surface area contributed by atoms with Gasteiger partial charge in [-0.1, -0.05) is 24.3 Å². The number of hydrogen-bond donors (Lipinski definition) is 1. The fraction of sp³-hybridized carbons (Fsp3) is 0.412. The lowest BCUT2D eigenvalue weighted by Crippen LogP contribution is -2.39. The highest BCUT2D eigenvalue weighted by atomic mass is 32.1. The molecule has 0 aliphatic heterocycles. The van der Waals surface area contributed by atoms with Gasteiger partial charge in [0.05, 0.1) is 17.7 Å². The van der Waals surface area contributed by atoms with E-state index in [1.54, 1.807) is 21.7 Å². The second kappa shape index (κ2) is 6.92. The molecule has 0 saturated heterocycles. The molecule has 1 heterocycles. The minimum absolute atomic E-state index is 0.0314. The fourth-order valence-corrected chi connectivity index (χ4v) is 3.59. The van der Waals surface area contributed by atoms with Gasteiger partial charge in [0.2, 0.25) is 0 Å². The molecule has 4 nitrogen and oxygen atoms in total. The standard InChI is InChI=1S/C17H21N3OS/c1-20(10-15-11-22-12-19-15)17(21)18-9-14-7-4-6-13-5-2-3-8-16(13)14/h2-3,5,8,11-12,14H,4,6-7,9-10H2,1H3,(H,18,21). The van der Waals surface area contributed by atoms with Crippen molar-refractivity contribution < 1.29 is 4.79 Å². The maximum absolute atomic E-state index is 12.2. The highest BCUT2D eigenvalue weighted by Crippen LogP contribution is 2.30. The number of urea groups is 1. The Hall–Kier alpha value is -1.88. The number of benzene rings is 1. The second-order valence-electron chi connectivity index (χ2n) is 5.81. The van der Waals surface area contributed by atoms with E-state index >= 15 is 0 Å². The zero-order valence-electron chi connectivity index (χ0n) is 12.8. The molecule has 2 aromatic rings. The van der Waals surface area contributed by atoms with E-state index in [0.717, 1.165) is 18.5 Å². The Balaban J connectivity index is 1.55. The summed E-state index contributed by atoms with van der Waals surface area (Å²) >= 11 is 1.55. The van der Waals surface area contributed by atoms with Gasteiger partial charge >= 0.3 is 6.03 Å². The first kappa shape index (κ1) is 15.0. The Morgan fingerprint density at radius 1 is 1.45 bits per heavy atom. The van der Waals surface area contributed by atoms with Gasteiger partial charge in [-0.2, -0.15) is 0 Å². The van der Waals surface area contributed by atoms with Crippen molar-refractivity contribution in [3.8, 4) is 0 Å². The molecule has 116 valence electrons. The fourth-order valence-electron chi connectivity index (χ4n) is 3.04. The number of aromatic nitrogens is 1. The van der Waals surface area contributed by atoms with Gasteiger partial charge in [-0.25, -0.2) is 9.78 Å². The van der Waals surface area contributed by atoms with Gasteiger partial charge in [0.15, 0.2) is 0 Å². The van der Waals surface area contributed by atoms with Crippen LogP contribution in [0.25, 0.3) is 0 Å². The Kier molecular flexibility index (Phi) is 4.73. The van der Waals surface area contributed by atoms with E-state index < -0.39 is 0 Å². The molecule has 1 aromatic heterocycles. The summed E-state index contributed by atoms with van der Waals surface area (Å²) in [6, 6.07) is 8.56. The number of rotatable bonds is 4. The van der Waals surface area contributed by atoms with Crippen molar-refractivity contribution in [3.63, 3.8) is 0 Å². The minimum atomic E-state index is -0.0314. The van der Waals surface area contributed by atoms with Crippen LogP contribution in [0.5, 0.6) is 0 Å². The number of nitrogens with one attached hydrogen (secondary N) is 1. The van der Waals surface area contributed by atoms with E-state index in [-0.39, 0.29) is 6.03 Å². The van der Waals surface area contributed by atoms with Crippen molar-refractivity contribution in [1.29, 1.82) is 0 Å². The molecule has 22 heavy (non-hydrogen) atoms. The van der Waals surface area contributed by atoms with Gasteiger partial charge < -0.3 is 10.2 Å². The van der Waals surface area contributed by atoms with Crippen LogP contribution in [0.3, 0.4) is 0 Å². The summed E-state index contributed by atoms with van der Waals surface area (Å²) in [5.74, 6) is 0.432. The van der Waals surface area contributed by atoms with Crippen LogP contribution in [0.2, 0.25) is 0 Å². The van der Waals surface area contributed by atoms with Gasteiger partial charge in [0, 0.05) is 24.9 Å². The molecule has 1 atom stereocenters. The Morgan fingerprint density at radius 3 is 3.14 bits per heavy atom. The van der Waals surface area contributed by atoms with Crippen LogP contribution in [0, 0.1) is 0 Å². The summed E-state index contributed by atoms with van der Waals surface area (Å²) in [5.41, 5.74) is 5.56. The van der Waals surface area contributed by atoms with E-state index in [1.807, 2.05) is 12.4 Å². The molecule has 3 rings (SSSR count). The maximum Gasteiger partial charge on any atom is 0.317 e. The number of amides is 2. The lowest BCUT2D eigenvalue weighted by atomic mass is 9.83. The van der Waals surface area contributed by atoms with Crippen LogP contribution < -0.4 is 5.32 Å². The molecule has 0 spiro atoms. The first-order valence-electron chi connectivity index (χ1n) is 7.68. The molecule has 1 unspecified atom stereocenters. The highest BCUT2D eigenvalue weighted by molar-refractivity contribution is 7.07. The molecule has 0 fully saturated rings. The van der Waals surface area contributed by atoms with Crippen molar-refractivity contribution in [2.75, 3.05) is 13.6 Å². The SMILES string of the molecule is CN(Cc1cscn1)C(=O)NCC1CCCc2ccccc21. The Morgan fingerprint density at radius 2 is 2.32 bits per heavy atom. The number of fused-ring (bicyclic) bond motifs is 1. The summed E-state index contributed by atoms with van der Waals surface area (Å²) in [6.07, 6.45) is 3.50. The predicted octanol–water partition coefficient (Wildman–Crippen LogP) is 3.40. The number of carbonyl (C=O) groups excluding carboxylic acids is 1. The monoisotopic (exact) mass is 315 g/mol. The molecule has 5 heteroatoms. The molecular weight excluding hydrogens is 294 g/mol. The number of nitrogens with zero attached hydrogens (tertiary/aromatic N) is 2. The average molecular weight is 315 g/mol. The van der Waals surface area contributed by atoms with Gasteiger partial charge in [0.1, 0.15) is 0 Å². The van der Waals surface area contributed by atoms with Crippen LogP contribution in [-0.4, -0.2) is 29.5 Å². The first-order chi connectivity index (χ1) is 10.7. The minimum Gasteiger partial charge on any atom is -0.337 e. The molecule has 1 aliphatic rings. The zero-order chi connectivity index (χ0) is 15.4. The number of carbonyl (C=O) groups is 1. The summed E-state index contributed by atoms with van der Waals surface area (Å²) in [5, 5.41) is 5.04. The lowest BCUT2D eigenvalue weighted by Gasteiger charge is -2.26. The lowest BCUT2D eigenvalue weighted by molar-refractivity contribution is 0.205. The van der Waals surface area contributed by atoms with Crippen LogP contribution in [0.15, 0.2) is 35.2 Å². The third kappa shape index (κ3) is 3.47. The maximum atomic E-state index is 12.2. The van der Waals surface area contributed by atoms with E-state index in [2.05, 4.69) is 34.6 Å². The van der Waals surface area contributed by atoms with Crippen molar-refractivity contribution in [2.24, 2.45) is 0 Å². The van der Waals surface area contributed by atoms with Crippen molar-refractivity contribution >= 4 is 17.4 Å². The Labute approximate surface area is 135 Å². The summed E-state index contributed by atoms with van der Waals surface area (Å²) in [6.45, 7) is 1.26. The van der Waals surface area contributed by atoms with Crippen molar-refractivity contribution in [1.82, 2.24) is 15.2 Å². The highest BCUT2D eigenvalue weighted by Gasteiger charge is 2.20. The van der Waals surface area contributed by atoms with Gasteiger partial charge in [-0.05, 0) is 30.4 Å². The van der Waals surface area contributed by atoms with Gasteiger partial charge in [-0.15, -0.1) is 11.3 Å². The average Bonchev–Trinajstić information content (AvgIpc) is 3.05. The molecule has 0 saturated carbocycles. The van der Waals surface area contributed by atoms with Crippen LogP contribution in [-0.2, 0) is 13.0 Å². The molecular formula is C17H21N3OS. The quantitative estimate of drug-likeness (QED) is 0.940. The van der Waals surface area contributed by atoms with E-state index in [9.17, 15) is 4.79 Å². The van der Waals surface area contributed by atoms with E-state index in [1.165, 1.54) is 17.5 Å². The summed E-state index contributed by atoms with van der Waals surface area (Å²) < 4.78 is 0. The molecule has 0 radical (unpaired) electrons. The smallest absolute Gasteiger partial charge is 0.317 e. The molecule has 1 aliphatic carbocycles. The molecule has 2 amide bonds. The molecule has 0 bridgehead atoms. The summed E-state index contributed by atoms with van der Waals surface area (Å²) in [4.78, 5) is 18.1. The molecule has 1 N–H and O–H groups in total. The van der Waals surface area contributed by atoms with E-state index in [4.69, 9.17) is 0 Å². The number of hydrogen-bond acceptors (Lipinski definition) is 3. The third-order valence-electron chi connectivity index (χ3n) is 4.22. The van der Waals surface area contributed by atoms with Crippen LogP contribution in [0.4, 0.5) is 4.79 Å². The van der Waals surface area contributed by atoms with Crippen LogP contribution >= 0.6 is 11.3 Å². The molecule has 1 aromatic carbocycles. The number of thiazole rings is 1. The number of aryl methyl sites for hydroxylation is 1. The third-order valence-corrected chi connectivity index (χ3v) is 4.86. The predicted molar refractivity (Wildman–Crippen MR) is 89.1 cm³/mol. The van der Waals surface area contributed by atoms with Gasteiger partial charge in [-0.3, -0.25) is 0 Å². The van der Waals surface area contributed by atoms with Crippen molar-refractivity contribution in [2.45, 2.75) is 31.7 Å². The normalized spacial score (nSPS) is 16.9.